The molecule has 1 N–H and O–H groups in total. The number of allylic oxidation sites excluding steroid dienone is 1. The van der Waals surface area contributed by atoms with Gasteiger partial charge in [-0.25, -0.2) is 0 Å². The zero-order chi connectivity index (χ0) is 10.1. The first-order valence-electron chi connectivity index (χ1n) is 5.42. The highest BCUT2D eigenvalue weighted by Gasteiger charge is 2.38. The fourth-order valence-corrected chi connectivity index (χ4v) is 2.87. The Balaban J connectivity index is 2.91. The predicted molar refractivity (Wildman–Crippen MR) is 56.6 cm³/mol. The Morgan fingerprint density at radius 2 is 2.15 bits per heavy atom. The van der Waals surface area contributed by atoms with E-state index in [9.17, 15) is 5.11 Å². The molecule has 13 heavy (non-hydrogen) atoms. The molecule has 76 valence electrons. The summed E-state index contributed by atoms with van der Waals surface area (Å²) in [6.07, 6.45) is 5.12. The molecule has 0 heterocycles. The molecular formula is C12H22O. The summed E-state index contributed by atoms with van der Waals surface area (Å²) >= 11 is 0. The van der Waals surface area contributed by atoms with Gasteiger partial charge in [-0.2, -0.15) is 0 Å². The molecule has 0 aliphatic heterocycles. The molecule has 1 nitrogen and oxygen atoms in total. The molecule has 0 aromatic rings. The third kappa shape index (κ3) is 1.96. The lowest BCUT2D eigenvalue weighted by molar-refractivity contribution is 0.0181. The molecule has 3 atom stereocenters. The maximum absolute atomic E-state index is 10.4. The first-order valence-corrected chi connectivity index (χ1v) is 5.42. The summed E-state index contributed by atoms with van der Waals surface area (Å²) in [5.41, 5.74) is 0.749. The van der Waals surface area contributed by atoms with Gasteiger partial charge in [0, 0.05) is 0 Å². The third-order valence-electron chi connectivity index (χ3n) is 3.41. The van der Waals surface area contributed by atoms with E-state index in [0.29, 0.717) is 11.8 Å². The van der Waals surface area contributed by atoms with Crippen molar-refractivity contribution < 1.29 is 5.11 Å². The van der Waals surface area contributed by atoms with E-state index in [1.54, 1.807) is 0 Å². The molecule has 1 aliphatic rings. The molecule has 0 spiro atoms. The molecule has 0 radical (unpaired) electrons. The van der Waals surface area contributed by atoms with Gasteiger partial charge in [-0.05, 0) is 43.6 Å². The van der Waals surface area contributed by atoms with Crippen LogP contribution in [-0.2, 0) is 0 Å². The minimum absolute atomic E-state index is 0.508. The summed E-state index contributed by atoms with van der Waals surface area (Å²) in [5.74, 6) is 1.21. The summed E-state index contributed by atoms with van der Waals surface area (Å²) in [5, 5.41) is 10.4. The third-order valence-corrected chi connectivity index (χ3v) is 3.41. The monoisotopic (exact) mass is 182 g/mol. The van der Waals surface area contributed by atoms with Crippen LogP contribution in [0.4, 0.5) is 0 Å². The highest BCUT2D eigenvalue weighted by molar-refractivity contribution is 5.21. The van der Waals surface area contributed by atoms with Crippen molar-refractivity contribution in [3.05, 3.63) is 11.6 Å². The van der Waals surface area contributed by atoms with Crippen LogP contribution < -0.4 is 0 Å². The predicted octanol–water partition coefficient (Wildman–Crippen LogP) is 3.14. The second-order valence-electron chi connectivity index (χ2n) is 4.58. The Kier molecular flexibility index (Phi) is 3.18. The van der Waals surface area contributed by atoms with Crippen LogP contribution in [0.25, 0.3) is 0 Å². The maximum atomic E-state index is 10.4. The summed E-state index contributed by atoms with van der Waals surface area (Å²) in [7, 11) is 0. The van der Waals surface area contributed by atoms with Crippen LogP contribution in [0.5, 0.6) is 0 Å². The number of hydrogen-bond donors (Lipinski definition) is 1. The highest BCUT2D eigenvalue weighted by Crippen LogP contribution is 2.41. The second-order valence-corrected chi connectivity index (χ2v) is 4.58. The molecular weight excluding hydrogens is 160 g/mol. The van der Waals surface area contributed by atoms with Gasteiger partial charge in [-0.3, -0.25) is 0 Å². The van der Waals surface area contributed by atoms with E-state index >= 15 is 0 Å². The van der Waals surface area contributed by atoms with Crippen LogP contribution >= 0.6 is 0 Å². The SMILES string of the molecule is C/C=C1\[C@H](C)C[C@@H](C)C[C@]1(O)CC. The van der Waals surface area contributed by atoms with Crippen molar-refractivity contribution in [2.45, 2.75) is 52.6 Å². The molecule has 0 amide bonds. The molecule has 0 aromatic heterocycles. The summed E-state index contributed by atoms with van der Waals surface area (Å²) < 4.78 is 0. The molecule has 1 aliphatic carbocycles. The smallest absolute Gasteiger partial charge is 0.0859 e. The first-order chi connectivity index (χ1) is 6.03. The molecule has 0 saturated heterocycles. The number of rotatable bonds is 1. The zero-order valence-electron chi connectivity index (χ0n) is 9.30. The molecule has 0 unspecified atom stereocenters. The summed E-state index contributed by atoms with van der Waals surface area (Å²) in [6.45, 7) is 8.59. The van der Waals surface area contributed by atoms with E-state index in [0.717, 1.165) is 12.8 Å². The largest absolute Gasteiger partial charge is 0.386 e. The standard InChI is InChI=1S/C12H22O/c1-5-11-10(4)7-9(3)8-12(11,13)6-2/h5,9-10,13H,6-8H2,1-4H3/b11-5+/t9-,10-,12-/m1/s1. The van der Waals surface area contributed by atoms with Crippen LogP contribution in [0.3, 0.4) is 0 Å². The van der Waals surface area contributed by atoms with Gasteiger partial charge in [0.2, 0.25) is 0 Å². The number of aliphatic hydroxyl groups is 1. The Hall–Kier alpha value is -0.300. The van der Waals surface area contributed by atoms with Gasteiger partial charge in [-0.15, -0.1) is 0 Å². The summed E-state index contributed by atoms with van der Waals surface area (Å²) in [6, 6.07) is 0. The lowest BCUT2D eigenvalue weighted by Gasteiger charge is -2.41. The molecule has 1 heteroatoms. The average Bonchev–Trinajstić information content (AvgIpc) is 2.03. The lowest BCUT2D eigenvalue weighted by atomic mass is 9.69. The second kappa shape index (κ2) is 3.83. The van der Waals surface area contributed by atoms with Crippen molar-refractivity contribution >= 4 is 0 Å². The van der Waals surface area contributed by atoms with E-state index in [2.05, 4.69) is 26.8 Å². The first kappa shape index (κ1) is 10.8. The van der Waals surface area contributed by atoms with Gasteiger partial charge >= 0.3 is 0 Å². The normalized spacial score (nSPS) is 43.9. The molecule has 1 fully saturated rings. The van der Waals surface area contributed by atoms with E-state index < -0.39 is 5.60 Å². The van der Waals surface area contributed by atoms with Crippen LogP contribution in [0, 0.1) is 11.8 Å². The van der Waals surface area contributed by atoms with Gasteiger partial charge in [0.15, 0.2) is 0 Å². The molecule has 0 bridgehead atoms. The summed E-state index contributed by atoms with van der Waals surface area (Å²) in [4.78, 5) is 0. The van der Waals surface area contributed by atoms with Gasteiger partial charge in [0.05, 0.1) is 5.60 Å². The van der Waals surface area contributed by atoms with Gasteiger partial charge in [0.25, 0.3) is 0 Å². The van der Waals surface area contributed by atoms with Gasteiger partial charge < -0.3 is 5.11 Å². The zero-order valence-corrected chi connectivity index (χ0v) is 9.30. The minimum Gasteiger partial charge on any atom is -0.386 e. The Labute approximate surface area is 81.9 Å². The lowest BCUT2D eigenvalue weighted by Crippen LogP contribution is -2.39. The highest BCUT2D eigenvalue weighted by atomic mass is 16.3. The maximum Gasteiger partial charge on any atom is 0.0859 e. The number of hydrogen-bond acceptors (Lipinski definition) is 1. The quantitative estimate of drug-likeness (QED) is 0.618. The van der Waals surface area contributed by atoms with E-state index in [1.807, 2.05) is 6.92 Å². The van der Waals surface area contributed by atoms with Crippen LogP contribution in [0.1, 0.15) is 47.0 Å². The van der Waals surface area contributed by atoms with Crippen LogP contribution in [0.2, 0.25) is 0 Å². The van der Waals surface area contributed by atoms with E-state index in [4.69, 9.17) is 0 Å². The molecule has 1 rings (SSSR count). The van der Waals surface area contributed by atoms with Crippen molar-refractivity contribution in [2.24, 2.45) is 11.8 Å². The Bertz CT molecular complexity index is 207. The fourth-order valence-electron chi connectivity index (χ4n) is 2.87. The van der Waals surface area contributed by atoms with Gasteiger partial charge in [-0.1, -0.05) is 26.8 Å². The van der Waals surface area contributed by atoms with Crippen LogP contribution in [-0.4, -0.2) is 10.7 Å². The Morgan fingerprint density at radius 3 is 2.62 bits per heavy atom. The molecule has 0 aromatic carbocycles. The van der Waals surface area contributed by atoms with Crippen molar-refractivity contribution in [3.8, 4) is 0 Å². The van der Waals surface area contributed by atoms with Crippen molar-refractivity contribution in [3.63, 3.8) is 0 Å². The van der Waals surface area contributed by atoms with Gasteiger partial charge in [0.1, 0.15) is 0 Å². The fraction of sp³-hybridized carbons (Fsp3) is 0.833. The average molecular weight is 182 g/mol. The topological polar surface area (TPSA) is 20.2 Å². The van der Waals surface area contributed by atoms with Crippen molar-refractivity contribution in [1.29, 1.82) is 0 Å². The Morgan fingerprint density at radius 1 is 1.54 bits per heavy atom. The minimum atomic E-state index is -0.508. The van der Waals surface area contributed by atoms with Crippen molar-refractivity contribution in [2.75, 3.05) is 0 Å². The molecule has 1 saturated carbocycles. The van der Waals surface area contributed by atoms with Crippen LogP contribution in [0.15, 0.2) is 11.6 Å². The van der Waals surface area contributed by atoms with E-state index in [1.165, 1.54) is 12.0 Å². The van der Waals surface area contributed by atoms with Crippen molar-refractivity contribution in [1.82, 2.24) is 0 Å². The van der Waals surface area contributed by atoms with E-state index in [-0.39, 0.29) is 0 Å².